The molecule has 1 aromatic carbocycles. The van der Waals surface area contributed by atoms with E-state index in [0.29, 0.717) is 6.61 Å². The molecule has 0 radical (unpaired) electrons. The molecule has 2 fully saturated rings. The Hall–Kier alpha value is -2.59. The summed E-state index contributed by atoms with van der Waals surface area (Å²) in [6.45, 7) is 3.36. The number of benzene rings is 1. The predicted molar refractivity (Wildman–Crippen MR) is 112 cm³/mol. The largest absolute Gasteiger partial charge is 0.490 e. The average molecular weight is 455 g/mol. The summed E-state index contributed by atoms with van der Waals surface area (Å²) in [4.78, 5) is 26.0. The third kappa shape index (κ3) is 4.75. The lowest BCUT2D eigenvalue weighted by Crippen LogP contribution is -2.56. The fraction of sp³-hybridized carbons (Fsp3) is 0.545. The van der Waals surface area contributed by atoms with Crippen LogP contribution in [0.5, 0.6) is 0 Å². The van der Waals surface area contributed by atoms with Crippen LogP contribution in [0, 0.1) is 5.41 Å². The molecule has 2 saturated heterocycles. The highest BCUT2D eigenvalue weighted by Gasteiger charge is 2.53. The second-order valence-electron chi connectivity index (χ2n) is 8.55. The first-order valence-electron chi connectivity index (χ1n) is 10.3. The number of piperidine rings is 1. The van der Waals surface area contributed by atoms with Crippen LogP contribution in [-0.2, 0) is 27.9 Å². The Kier molecular flexibility index (Phi) is 6.85. The Balaban J connectivity index is 0.000000360. The van der Waals surface area contributed by atoms with E-state index in [1.54, 1.807) is 4.90 Å². The zero-order chi connectivity index (χ0) is 23.7. The van der Waals surface area contributed by atoms with Gasteiger partial charge in [0.2, 0.25) is 5.91 Å². The van der Waals surface area contributed by atoms with Gasteiger partial charge in [0.05, 0.1) is 11.5 Å². The number of amides is 1. The van der Waals surface area contributed by atoms with Crippen LogP contribution in [0.3, 0.4) is 0 Å². The molecule has 0 unspecified atom stereocenters. The molecule has 0 bridgehead atoms. The molecule has 2 atom stereocenters. The van der Waals surface area contributed by atoms with Gasteiger partial charge in [-0.05, 0) is 24.5 Å². The van der Waals surface area contributed by atoms with Gasteiger partial charge in [-0.2, -0.15) is 13.2 Å². The summed E-state index contributed by atoms with van der Waals surface area (Å²) in [6.07, 6.45) is -1.01. The van der Waals surface area contributed by atoms with Crippen LogP contribution < -0.4 is 0 Å². The molecule has 4 rings (SSSR count). The summed E-state index contributed by atoms with van der Waals surface area (Å²) in [5, 5.41) is 8.43. The van der Waals surface area contributed by atoms with E-state index in [1.165, 1.54) is 16.5 Å². The number of aryl methyl sites for hydroxylation is 1. The Morgan fingerprint density at radius 3 is 2.56 bits per heavy atom. The SMILES string of the molecule is CN(C)C(=O)[C@@]12CCO[C@@H]1CCN(Cc1cn(C)c3ccccc13)C2.O=C(O)C(F)(F)F. The Morgan fingerprint density at radius 2 is 1.94 bits per heavy atom. The van der Waals surface area contributed by atoms with Gasteiger partial charge in [0.25, 0.3) is 0 Å². The van der Waals surface area contributed by atoms with Crippen LogP contribution in [-0.4, -0.2) is 77.4 Å². The molecule has 0 aliphatic carbocycles. The molecular weight excluding hydrogens is 427 g/mol. The number of carboxylic acids is 1. The van der Waals surface area contributed by atoms with Gasteiger partial charge in [-0.3, -0.25) is 9.69 Å². The first kappa shape index (κ1) is 24.1. The monoisotopic (exact) mass is 455 g/mol. The highest BCUT2D eigenvalue weighted by Crippen LogP contribution is 2.42. The highest BCUT2D eigenvalue weighted by molar-refractivity contribution is 5.84. The fourth-order valence-corrected chi connectivity index (χ4v) is 4.71. The number of alkyl halides is 3. The van der Waals surface area contributed by atoms with Crippen molar-refractivity contribution in [3.05, 3.63) is 36.0 Å². The normalized spacial score (nSPS) is 23.4. The number of likely N-dealkylation sites (tertiary alicyclic amines) is 1. The molecule has 10 heteroatoms. The molecule has 32 heavy (non-hydrogen) atoms. The van der Waals surface area contributed by atoms with Crippen molar-refractivity contribution < 1.29 is 32.6 Å². The molecular formula is C22H28F3N3O4. The molecule has 176 valence electrons. The number of carbonyl (C=O) groups excluding carboxylic acids is 1. The third-order valence-electron chi connectivity index (χ3n) is 6.14. The Bertz CT molecular complexity index is 988. The standard InChI is InChI=1S/C20H27N3O2.C2HF3O2/c1-21(2)19(24)20-9-11-25-18(20)8-10-23(14-20)13-15-12-22(3)17-7-5-4-6-16(15)17;3-2(4,5)1(6)7/h4-7,12,18H,8-11,13-14H2,1-3H3;(H,6,7)/t18-,20-;/m1./s1. The van der Waals surface area contributed by atoms with Gasteiger partial charge in [-0.25, -0.2) is 4.79 Å². The van der Waals surface area contributed by atoms with E-state index in [4.69, 9.17) is 14.6 Å². The van der Waals surface area contributed by atoms with E-state index >= 15 is 0 Å². The number of fused-ring (bicyclic) bond motifs is 2. The molecule has 2 aromatic rings. The zero-order valence-electron chi connectivity index (χ0n) is 18.4. The third-order valence-corrected chi connectivity index (χ3v) is 6.14. The van der Waals surface area contributed by atoms with Crippen molar-refractivity contribution in [3.63, 3.8) is 0 Å². The maximum atomic E-state index is 12.9. The van der Waals surface area contributed by atoms with Gasteiger partial charge < -0.3 is 19.3 Å². The van der Waals surface area contributed by atoms with Gasteiger partial charge in [0, 0.05) is 64.5 Å². The second-order valence-corrected chi connectivity index (χ2v) is 8.55. The number of hydrogen-bond acceptors (Lipinski definition) is 4. The first-order chi connectivity index (χ1) is 15.0. The van der Waals surface area contributed by atoms with Crippen LogP contribution in [0.1, 0.15) is 18.4 Å². The lowest BCUT2D eigenvalue weighted by molar-refractivity contribution is -0.192. The zero-order valence-corrected chi connectivity index (χ0v) is 18.4. The van der Waals surface area contributed by atoms with E-state index in [0.717, 1.165) is 32.5 Å². The molecule has 7 nitrogen and oxygen atoms in total. The van der Waals surface area contributed by atoms with E-state index in [-0.39, 0.29) is 17.4 Å². The van der Waals surface area contributed by atoms with Gasteiger partial charge in [-0.1, -0.05) is 18.2 Å². The van der Waals surface area contributed by atoms with E-state index < -0.39 is 12.1 Å². The minimum absolute atomic E-state index is 0.0752. The summed E-state index contributed by atoms with van der Waals surface area (Å²) >= 11 is 0. The summed E-state index contributed by atoms with van der Waals surface area (Å²) in [5.74, 6) is -2.54. The molecule has 2 aliphatic rings. The van der Waals surface area contributed by atoms with Crippen molar-refractivity contribution >= 4 is 22.8 Å². The lowest BCUT2D eigenvalue weighted by atomic mass is 9.75. The Morgan fingerprint density at radius 1 is 1.28 bits per heavy atom. The number of hydrogen-bond donors (Lipinski definition) is 1. The molecule has 0 saturated carbocycles. The van der Waals surface area contributed by atoms with Crippen LogP contribution in [0.2, 0.25) is 0 Å². The number of carboxylic acid groups (broad SMARTS) is 1. The van der Waals surface area contributed by atoms with Gasteiger partial charge >= 0.3 is 12.1 Å². The number of ether oxygens (including phenoxy) is 1. The molecule has 3 heterocycles. The molecule has 1 amide bonds. The lowest BCUT2D eigenvalue weighted by Gasteiger charge is -2.43. The maximum Gasteiger partial charge on any atom is 0.490 e. The van der Waals surface area contributed by atoms with Gasteiger partial charge in [-0.15, -0.1) is 0 Å². The van der Waals surface area contributed by atoms with Crippen LogP contribution >= 0.6 is 0 Å². The molecule has 1 N–H and O–H groups in total. The smallest absolute Gasteiger partial charge is 0.475 e. The van der Waals surface area contributed by atoms with Gasteiger partial charge in [0.15, 0.2) is 0 Å². The van der Waals surface area contributed by atoms with E-state index in [9.17, 15) is 18.0 Å². The first-order valence-corrected chi connectivity index (χ1v) is 10.3. The summed E-state index contributed by atoms with van der Waals surface area (Å²) in [7, 11) is 5.81. The van der Waals surface area contributed by atoms with Crippen LogP contribution in [0.4, 0.5) is 13.2 Å². The van der Waals surface area contributed by atoms with Crippen molar-refractivity contribution in [3.8, 4) is 0 Å². The van der Waals surface area contributed by atoms with Crippen molar-refractivity contribution in [2.45, 2.75) is 31.7 Å². The Labute approximate surface area is 184 Å². The predicted octanol–water partition coefficient (Wildman–Crippen LogP) is 2.88. The van der Waals surface area contributed by atoms with Crippen molar-refractivity contribution in [1.82, 2.24) is 14.4 Å². The summed E-state index contributed by atoms with van der Waals surface area (Å²) in [6, 6.07) is 8.53. The van der Waals surface area contributed by atoms with E-state index in [1.807, 2.05) is 14.1 Å². The number of para-hydroxylation sites is 1. The highest BCUT2D eigenvalue weighted by atomic mass is 19.4. The van der Waals surface area contributed by atoms with Crippen molar-refractivity contribution in [2.75, 3.05) is 33.8 Å². The second kappa shape index (κ2) is 9.11. The number of nitrogens with zero attached hydrogens (tertiary/aromatic N) is 3. The number of rotatable bonds is 3. The topological polar surface area (TPSA) is 75.0 Å². The van der Waals surface area contributed by atoms with E-state index in [2.05, 4.69) is 47.0 Å². The maximum absolute atomic E-state index is 12.9. The summed E-state index contributed by atoms with van der Waals surface area (Å²) < 4.78 is 39.9. The number of aromatic nitrogens is 1. The van der Waals surface area contributed by atoms with Crippen LogP contribution in [0.25, 0.3) is 10.9 Å². The average Bonchev–Trinajstić information content (AvgIpc) is 3.29. The molecule has 2 aliphatic heterocycles. The number of aliphatic carboxylic acids is 1. The molecule has 0 spiro atoms. The van der Waals surface area contributed by atoms with Crippen molar-refractivity contribution in [1.29, 1.82) is 0 Å². The molecule has 1 aromatic heterocycles. The van der Waals surface area contributed by atoms with Gasteiger partial charge in [0.1, 0.15) is 0 Å². The quantitative estimate of drug-likeness (QED) is 0.771. The minimum Gasteiger partial charge on any atom is -0.475 e. The number of halogens is 3. The minimum atomic E-state index is -5.08. The fourth-order valence-electron chi connectivity index (χ4n) is 4.71. The van der Waals surface area contributed by atoms with Crippen molar-refractivity contribution in [2.24, 2.45) is 12.5 Å². The van der Waals surface area contributed by atoms with Crippen LogP contribution in [0.15, 0.2) is 30.5 Å². The number of carbonyl (C=O) groups is 2. The summed E-state index contributed by atoms with van der Waals surface area (Å²) in [5.41, 5.74) is 2.23.